The minimum absolute atomic E-state index is 0.0582. The third-order valence-corrected chi connectivity index (χ3v) is 4.92. The number of halogens is 1. The second-order valence-corrected chi connectivity index (χ2v) is 6.47. The van der Waals surface area contributed by atoms with Crippen molar-refractivity contribution < 1.29 is 4.79 Å². The largest absolute Gasteiger partial charge is 0.350 e. The zero-order valence-corrected chi connectivity index (χ0v) is 12.8. The number of hydrogen-bond donors (Lipinski definition) is 1. The van der Waals surface area contributed by atoms with Crippen LogP contribution in [-0.2, 0) is 11.2 Å². The van der Waals surface area contributed by atoms with Crippen LogP contribution in [-0.4, -0.2) is 11.4 Å². The maximum Gasteiger partial charge on any atom is 0.220 e. The lowest BCUT2D eigenvalue weighted by molar-refractivity contribution is -0.120. The zero-order valence-electron chi connectivity index (χ0n) is 11.2. The first-order valence-corrected chi connectivity index (χ1v) is 7.28. The molecule has 1 aliphatic rings. The lowest BCUT2D eigenvalue weighted by Crippen LogP contribution is -2.48. The molecule has 0 aliphatic carbocycles. The van der Waals surface area contributed by atoms with Gasteiger partial charge in [0, 0.05) is 16.4 Å². The Kier molecular flexibility index (Phi) is 3.81. The summed E-state index contributed by atoms with van der Waals surface area (Å²) in [6.07, 6.45) is 2.52. The van der Waals surface area contributed by atoms with Gasteiger partial charge < -0.3 is 5.32 Å². The van der Waals surface area contributed by atoms with Crippen molar-refractivity contribution in [1.82, 2.24) is 5.32 Å². The number of rotatable bonds is 3. The second kappa shape index (κ2) is 5.04. The highest BCUT2D eigenvalue weighted by molar-refractivity contribution is 9.10. The molecule has 0 aromatic heterocycles. The molecule has 1 aromatic carbocycles. The summed E-state index contributed by atoms with van der Waals surface area (Å²) in [6, 6.07) is 6.44. The molecule has 0 saturated carbocycles. The fraction of sp³-hybridized carbons (Fsp3) is 0.533. The first-order valence-electron chi connectivity index (χ1n) is 6.49. The van der Waals surface area contributed by atoms with Crippen molar-refractivity contribution in [2.75, 3.05) is 0 Å². The minimum Gasteiger partial charge on any atom is -0.350 e. The SMILES string of the molecule is Cc1cc(CC2(C(C)C)CCC(=O)N2)ccc1Br. The first-order chi connectivity index (χ1) is 8.43. The third-order valence-electron chi connectivity index (χ3n) is 4.03. The molecule has 98 valence electrons. The Labute approximate surface area is 117 Å². The molecule has 0 radical (unpaired) electrons. The molecule has 2 rings (SSSR count). The molecule has 18 heavy (non-hydrogen) atoms. The first kappa shape index (κ1) is 13.6. The molecule has 1 heterocycles. The van der Waals surface area contributed by atoms with E-state index in [1.54, 1.807) is 0 Å². The van der Waals surface area contributed by atoms with E-state index in [2.05, 4.69) is 60.2 Å². The van der Waals surface area contributed by atoms with Crippen molar-refractivity contribution in [1.29, 1.82) is 0 Å². The van der Waals surface area contributed by atoms with Crippen LogP contribution in [0.25, 0.3) is 0 Å². The third kappa shape index (κ3) is 2.61. The molecule has 3 heteroatoms. The van der Waals surface area contributed by atoms with E-state index in [0.29, 0.717) is 12.3 Å². The van der Waals surface area contributed by atoms with Crippen LogP contribution in [0, 0.1) is 12.8 Å². The van der Waals surface area contributed by atoms with E-state index in [-0.39, 0.29) is 11.4 Å². The average Bonchev–Trinajstić information content (AvgIpc) is 2.67. The fourth-order valence-electron chi connectivity index (χ4n) is 2.69. The Morgan fingerprint density at radius 3 is 2.67 bits per heavy atom. The maximum absolute atomic E-state index is 11.6. The number of aryl methyl sites for hydroxylation is 1. The standard InChI is InChI=1S/C15H20BrNO/c1-10(2)15(7-6-14(18)17-15)9-12-4-5-13(16)11(3)8-12/h4-5,8,10H,6-7,9H2,1-3H3,(H,17,18). The molecular weight excluding hydrogens is 290 g/mol. The molecule has 1 unspecified atom stereocenters. The Morgan fingerprint density at radius 1 is 1.44 bits per heavy atom. The molecule has 1 atom stereocenters. The monoisotopic (exact) mass is 309 g/mol. The number of carbonyl (C=O) groups is 1. The lowest BCUT2D eigenvalue weighted by Gasteiger charge is -2.33. The summed E-state index contributed by atoms with van der Waals surface area (Å²) in [4.78, 5) is 11.6. The molecule has 0 spiro atoms. The summed E-state index contributed by atoms with van der Waals surface area (Å²) in [6.45, 7) is 6.48. The van der Waals surface area contributed by atoms with Crippen LogP contribution in [0.5, 0.6) is 0 Å². The van der Waals surface area contributed by atoms with Gasteiger partial charge in [0.2, 0.25) is 5.91 Å². The van der Waals surface area contributed by atoms with Crippen molar-refractivity contribution in [2.24, 2.45) is 5.92 Å². The van der Waals surface area contributed by atoms with E-state index < -0.39 is 0 Å². The predicted molar refractivity (Wildman–Crippen MR) is 77.5 cm³/mol. The summed E-state index contributed by atoms with van der Waals surface area (Å²) in [5.41, 5.74) is 2.49. The van der Waals surface area contributed by atoms with E-state index in [1.165, 1.54) is 11.1 Å². The molecule has 1 N–H and O–H groups in total. The van der Waals surface area contributed by atoms with Crippen LogP contribution in [0.15, 0.2) is 22.7 Å². The molecule has 2 nitrogen and oxygen atoms in total. The summed E-state index contributed by atoms with van der Waals surface area (Å²) >= 11 is 3.52. The summed E-state index contributed by atoms with van der Waals surface area (Å²) in [5, 5.41) is 3.20. The average molecular weight is 310 g/mol. The number of hydrogen-bond acceptors (Lipinski definition) is 1. The van der Waals surface area contributed by atoms with Crippen molar-refractivity contribution >= 4 is 21.8 Å². The quantitative estimate of drug-likeness (QED) is 0.908. The highest BCUT2D eigenvalue weighted by Gasteiger charge is 2.40. The van der Waals surface area contributed by atoms with Gasteiger partial charge in [-0.3, -0.25) is 4.79 Å². The predicted octanol–water partition coefficient (Wildman–Crippen LogP) is 3.60. The van der Waals surface area contributed by atoms with E-state index >= 15 is 0 Å². The van der Waals surface area contributed by atoms with Gasteiger partial charge in [-0.1, -0.05) is 41.9 Å². The summed E-state index contributed by atoms with van der Waals surface area (Å²) < 4.78 is 1.14. The van der Waals surface area contributed by atoms with Gasteiger partial charge in [-0.25, -0.2) is 0 Å². The Hall–Kier alpha value is -0.830. The Balaban J connectivity index is 2.24. The Bertz CT molecular complexity index is 470. The molecule has 0 bridgehead atoms. The van der Waals surface area contributed by atoms with Crippen molar-refractivity contribution in [3.05, 3.63) is 33.8 Å². The van der Waals surface area contributed by atoms with Gasteiger partial charge in [-0.15, -0.1) is 0 Å². The number of nitrogens with one attached hydrogen (secondary N) is 1. The smallest absolute Gasteiger partial charge is 0.220 e. The second-order valence-electron chi connectivity index (χ2n) is 5.62. The van der Waals surface area contributed by atoms with Gasteiger partial charge in [-0.05, 0) is 42.9 Å². The number of amides is 1. The van der Waals surface area contributed by atoms with Crippen LogP contribution in [0.3, 0.4) is 0 Å². The molecule has 1 aromatic rings. The normalized spacial score (nSPS) is 23.5. The van der Waals surface area contributed by atoms with Gasteiger partial charge in [0.05, 0.1) is 0 Å². The highest BCUT2D eigenvalue weighted by Crippen LogP contribution is 2.32. The van der Waals surface area contributed by atoms with Crippen LogP contribution in [0.2, 0.25) is 0 Å². The molecule has 1 saturated heterocycles. The fourth-order valence-corrected chi connectivity index (χ4v) is 2.94. The van der Waals surface area contributed by atoms with Gasteiger partial charge >= 0.3 is 0 Å². The maximum atomic E-state index is 11.6. The van der Waals surface area contributed by atoms with E-state index in [4.69, 9.17) is 0 Å². The van der Waals surface area contributed by atoms with E-state index in [0.717, 1.165) is 17.3 Å². The zero-order chi connectivity index (χ0) is 13.3. The van der Waals surface area contributed by atoms with E-state index in [9.17, 15) is 4.79 Å². The molecule has 1 aliphatic heterocycles. The van der Waals surface area contributed by atoms with Gasteiger partial charge in [0.15, 0.2) is 0 Å². The lowest BCUT2D eigenvalue weighted by atomic mass is 9.79. The van der Waals surface area contributed by atoms with Crippen molar-refractivity contribution in [3.63, 3.8) is 0 Å². The molecular formula is C15H20BrNO. The van der Waals surface area contributed by atoms with Crippen molar-refractivity contribution in [2.45, 2.75) is 45.6 Å². The van der Waals surface area contributed by atoms with Crippen LogP contribution >= 0.6 is 15.9 Å². The molecule has 1 fully saturated rings. The highest BCUT2D eigenvalue weighted by atomic mass is 79.9. The Morgan fingerprint density at radius 2 is 2.17 bits per heavy atom. The van der Waals surface area contributed by atoms with Crippen LogP contribution < -0.4 is 5.32 Å². The molecule has 1 amide bonds. The van der Waals surface area contributed by atoms with Gasteiger partial charge in [0.1, 0.15) is 0 Å². The van der Waals surface area contributed by atoms with Gasteiger partial charge in [0.25, 0.3) is 0 Å². The van der Waals surface area contributed by atoms with E-state index in [1.807, 2.05) is 0 Å². The summed E-state index contributed by atoms with van der Waals surface area (Å²) in [5.74, 6) is 0.644. The summed E-state index contributed by atoms with van der Waals surface area (Å²) in [7, 11) is 0. The number of carbonyl (C=O) groups excluding carboxylic acids is 1. The van der Waals surface area contributed by atoms with Crippen molar-refractivity contribution in [3.8, 4) is 0 Å². The topological polar surface area (TPSA) is 29.1 Å². The van der Waals surface area contributed by atoms with Crippen LogP contribution in [0.1, 0.15) is 37.8 Å². The van der Waals surface area contributed by atoms with Gasteiger partial charge in [-0.2, -0.15) is 0 Å². The minimum atomic E-state index is -0.0582. The number of benzene rings is 1. The van der Waals surface area contributed by atoms with Crippen LogP contribution in [0.4, 0.5) is 0 Å².